The number of nitrogen functional groups attached to an aromatic ring is 1. The maximum atomic E-state index is 12.9. The molecule has 0 heterocycles. The van der Waals surface area contributed by atoms with E-state index in [-0.39, 0.29) is 24.3 Å². The van der Waals surface area contributed by atoms with Crippen LogP contribution in [-0.4, -0.2) is 30.4 Å². The van der Waals surface area contributed by atoms with Crippen LogP contribution in [0, 0.1) is 5.82 Å². The minimum Gasteiger partial charge on any atom is -0.398 e. The molecule has 1 aromatic rings. The largest absolute Gasteiger partial charge is 0.398 e. The summed E-state index contributed by atoms with van der Waals surface area (Å²) in [6.45, 7) is 4.62. The summed E-state index contributed by atoms with van der Waals surface area (Å²) >= 11 is 0. The molecule has 0 saturated heterocycles. The van der Waals surface area contributed by atoms with Gasteiger partial charge in [0.1, 0.15) is 5.82 Å². The summed E-state index contributed by atoms with van der Waals surface area (Å²) in [5, 5.41) is 2.81. The number of amides is 1. The van der Waals surface area contributed by atoms with Crippen LogP contribution in [0.5, 0.6) is 0 Å². The van der Waals surface area contributed by atoms with Crippen LogP contribution in [0.2, 0.25) is 0 Å². The Morgan fingerprint density at radius 3 is 2.72 bits per heavy atom. The maximum Gasteiger partial charge on any atom is 0.234 e. The highest BCUT2D eigenvalue weighted by Gasteiger charge is 2.09. The number of rotatable bonds is 5. The van der Waals surface area contributed by atoms with Gasteiger partial charge in [-0.2, -0.15) is 0 Å². The van der Waals surface area contributed by atoms with Gasteiger partial charge < -0.3 is 11.1 Å². The van der Waals surface area contributed by atoms with E-state index in [4.69, 9.17) is 5.73 Å². The van der Waals surface area contributed by atoms with Crippen molar-refractivity contribution in [3.8, 4) is 0 Å². The molecule has 0 bridgehead atoms. The van der Waals surface area contributed by atoms with Crippen LogP contribution in [0.1, 0.15) is 19.4 Å². The fourth-order valence-corrected chi connectivity index (χ4v) is 1.67. The van der Waals surface area contributed by atoms with Gasteiger partial charge in [0, 0.05) is 18.3 Å². The molecule has 0 aromatic heterocycles. The van der Waals surface area contributed by atoms with E-state index in [1.807, 2.05) is 25.8 Å². The second kappa shape index (κ2) is 6.35. The third-order valence-electron chi connectivity index (χ3n) is 2.41. The summed E-state index contributed by atoms with van der Waals surface area (Å²) in [6.07, 6.45) is 0. The Labute approximate surface area is 107 Å². The van der Waals surface area contributed by atoms with Crippen molar-refractivity contribution in [2.24, 2.45) is 0 Å². The quantitative estimate of drug-likeness (QED) is 0.779. The van der Waals surface area contributed by atoms with Gasteiger partial charge in [-0.15, -0.1) is 0 Å². The second-order valence-corrected chi connectivity index (χ2v) is 4.74. The van der Waals surface area contributed by atoms with E-state index in [0.717, 1.165) is 5.56 Å². The van der Waals surface area contributed by atoms with Crippen molar-refractivity contribution in [2.75, 3.05) is 19.3 Å². The zero-order chi connectivity index (χ0) is 13.7. The molecule has 5 heteroatoms. The van der Waals surface area contributed by atoms with Crippen molar-refractivity contribution in [3.05, 3.63) is 29.6 Å². The summed E-state index contributed by atoms with van der Waals surface area (Å²) in [5.74, 6) is -0.385. The fourth-order valence-electron chi connectivity index (χ4n) is 1.67. The van der Waals surface area contributed by atoms with E-state index in [2.05, 4.69) is 5.32 Å². The summed E-state index contributed by atoms with van der Waals surface area (Å²) in [4.78, 5) is 13.4. The Kier molecular flexibility index (Phi) is 5.09. The SMILES string of the molecule is CC(C)NC(=O)CN(C)Cc1ccc(F)cc1N. The molecule has 0 fully saturated rings. The van der Waals surface area contributed by atoms with Crippen LogP contribution in [0.3, 0.4) is 0 Å². The zero-order valence-corrected chi connectivity index (χ0v) is 11.0. The zero-order valence-electron chi connectivity index (χ0n) is 11.0. The van der Waals surface area contributed by atoms with Gasteiger partial charge >= 0.3 is 0 Å². The van der Waals surface area contributed by atoms with E-state index in [9.17, 15) is 9.18 Å². The lowest BCUT2D eigenvalue weighted by Crippen LogP contribution is -2.38. The number of likely N-dealkylation sites (N-methyl/N-ethyl adjacent to an activating group) is 1. The van der Waals surface area contributed by atoms with Crippen LogP contribution in [0.4, 0.5) is 10.1 Å². The number of carbonyl (C=O) groups is 1. The van der Waals surface area contributed by atoms with E-state index in [1.54, 1.807) is 6.07 Å². The molecule has 4 nitrogen and oxygen atoms in total. The highest BCUT2D eigenvalue weighted by Crippen LogP contribution is 2.14. The second-order valence-electron chi connectivity index (χ2n) is 4.74. The molecule has 1 rings (SSSR count). The van der Waals surface area contributed by atoms with E-state index < -0.39 is 0 Å². The number of benzene rings is 1. The average Bonchev–Trinajstić information content (AvgIpc) is 2.20. The van der Waals surface area contributed by atoms with Crippen molar-refractivity contribution >= 4 is 11.6 Å². The van der Waals surface area contributed by atoms with Crippen LogP contribution >= 0.6 is 0 Å². The third kappa shape index (κ3) is 4.71. The van der Waals surface area contributed by atoms with Crippen molar-refractivity contribution in [1.29, 1.82) is 0 Å². The first kappa shape index (κ1) is 14.4. The Hall–Kier alpha value is -1.62. The normalized spacial score (nSPS) is 11.0. The number of halogens is 1. The molecule has 0 spiro atoms. The number of nitrogens with two attached hydrogens (primary N) is 1. The Morgan fingerprint density at radius 2 is 2.17 bits per heavy atom. The van der Waals surface area contributed by atoms with Crippen LogP contribution in [0.25, 0.3) is 0 Å². The molecule has 0 aliphatic rings. The monoisotopic (exact) mass is 253 g/mol. The topological polar surface area (TPSA) is 58.4 Å². The molecule has 3 N–H and O–H groups in total. The predicted octanol–water partition coefficient (Wildman–Crippen LogP) is 1.36. The number of nitrogens with zero attached hydrogens (tertiary/aromatic N) is 1. The first-order valence-corrected chi connectivity index (χ1v) is 5.90. The number of anilines is 1. The molecule has 1 amide bonds. The van der Waals surface area contributed by atoms with Gasteiger partial charge in [0.25, 0.3) is 0 Å². The molecule has 0 radical (unpaired) electrons. The molecular weight excluding hydrogens is 233 g/mol. The Morgan fingerprint density at radius 1 is 1.50 bits per heavy atom. The maximum absolute atomic E-state index is 12.9. The van der Waals surface area contributed by atoms with Gasteiger partial charge in [-0.3, -0.25) is 9.69 Å². The number of carbonyl (C=O) groups excluding carboxylic acids is 1. The molecule has 0 saturated carbocycles. The van der Waals surface area contributed by atoms with Crippen molar-refractivity contribution in [3.63, 3.8) is 0 Å². The number of hydrogen-bond acceptors (Lipinski definition) is 3. The average molecular weight is 253 g/mol. The molecule has 1 aromatic carbocycles. The Bertz CT molecular complexity index is 421. The Balaban J connectivity index is 2.54. The molecule has 100 valence electrons. The fraction of sp³-hybridized carbons (Fsp3) is 0.462. The van der Waals surface area contributed by atoms with Crippen LogP contribution in [0.15, 0.2) is 18.2 Å². The van der Waals surface area contributed by atoms with Gasteiger partial charge in [0.15, 0.2) is 0 Å². The lowest BCUT2D eigenvalue weighted by Gasteiger charge is -2.18. The van der Waals surface area contributed by atoms with Gasteiger partial charge in [-0.05, 0) is 38.6 Å². The van der Waals surface area contributed by atoms with Gasteiger partial charge in [0.05, 0.1) is 6.54 Å². The minimum atomic E-state index is -0.351. The number of hydrogen-bond donors (Lipinski definition) is 2. The van der Waals surface area contributed by atoms with Gasteiger partial charge in [0.2, 0.25) is 5.91 Å². The number of nitrogens with one attached hydrogen (secondary N) is 1. The molecule has 0 aliphatic carbocycles. The summed E-state index contributed by atoms with van der Waals surface area (Å²) in [5.41, 5.74) is 6.94. The first-order valence-electron chi connectivity index (χ1n) is 5.90. The lowest BCUT2D eigenvalue weighted by atomic mass is 10.1. The summed E-state index contributed by atoms with van der Waals surface area (Å²) < 4.78 is 12.9. The van der Waals surface area contributed by atoms with Gasteiger partial charge in [-0.25, -0.2) is 4.39 Å². The third-order valence-corrected chi connectivity index (χ3v) is 2.41. The van der Waals surface area contributed by atoms with Crippen molar-refractivity contribution in [1.82, 2.24) is 10.2 Å². The van der Waals surface area contributed by atoms with Crippen LogP contribution in [-0.2, 0) is 11.3 Å². The van der Waals surface area contributed by atoms with Crippen molar-refractivity contribution in [2.45, 2.75) is 26.4 Å². The lowest BCUT2D eigenvalue weighted by molar-refractivity contribution is -0.122. The standard InChI is InChI=1S/C13H20FN3O/c1-9(2)16-13(18)8-17(3)7-10-4-5-11(14)6-12(10)15/h4-6,9H,7-8,15H2,1-3H3,(H,16,18). The van der Waals surface area contributed by atoms with Gasteiger partial charge in [-0.1, -0.05) is 6.07 Å². The van der Waals surface area contributed by atoms with E-state index in [1.165, 1.54) is 12.1 Å². The van der Waals surface area contributed by atoms with Crippen molar-refractivity contribution < 1.29 is 9.18 Å². The summed E-state index contributed by atoms with van der Waals surface area (Å²) in [6, 6.07) is 4.42. The minimum absolute atomic E-state index is 0.0341. The van der Waals surface area contributed by atoms with Crippen LogP contribution < -0.4 is 11.1 Å². The highest BCUT2D eigenvalue weighted by molar-refractivity contribution is 5.78. The molecule has 0 atom stereocenters. The highest BCUT2D eigenvalue weighted by atomic mass is 19.1. The molecule has 0 aliphatic heterocycles. The molecule has 0 unspecified atom stereocenters. The molecular formula is C13H20FN3O. The predicted molar refractivity (Wildman–Crippen MR) is 70.4 cm³/mol. The smallest absolute Gasteiger partial charge is 0.234 e. The summed E-state index contributed by atoms with van der Waals surface area (Å²) in [7, 11) is 1.82. The van der Waals surface area contributed by atoms with E-state index in [0.29, 0.717) is 12.2 Å². The van der Waals surface area contributed by atoms with E-state index >= 15 is 0 Å². The first-order chi connectivity index (χ1) is 8.38. The molecule has 18 heavy (non-hydrogen) atoms.